The van der Waals surface area contributed by atoms with Crippen LogP contribution in [0.5, 0.6) is 0 Å². The third-order valence-corrected chi connectivity index (χ3v) is 3.48. The van der Waals surface area contributed by atoms with Gasteiger partial charge in [-0.25, -0.2) is 9.02 Å². The van der Waals surface area contributed by atoms with Crippen molar-refractivity contribution >= 4 is 11.7 Å². The third-order valence-electron chi connectivity index (χ3n) is 3.48. The van der Waals surface area contributed by atoms with Crippen molar-refractivity contribution in [1.82, 2.24) is 10.3 Å². The predicted octanol–water partition coefficient (Wildman–Crippen LogP) is 3.74. The van der Waals surface area contributed by atoms with E-state index in [0.29, 0.717) is 11.3 Å². The monoisotopic (exact) mass is 311 g/mol. The summed E-state index contributed by atoms with van der Waals surface area (Å²) in [6.45, 7) is 3.91. The Bertz CT molecular complexity index is 857. The van der Waals surface area contributed by atoms with E-state index in [1.54, 1.807) is 0 Å². The van der Waals surface area contributed by atoms with E-state index >= 15 is 0 Å². The molecular weight excluding hydrogens is 297 g/mol. The van der Waals surface area contributed by atoms with Gasteiger partial charge >= 0.3 is 0 Å². The molecule has 1 amide bonds. The highest BCUT2D eigenvalue weighted by Crippen LogP contribution is 2.28. The van der Waals surface area contributed by atoms with Gasteiger partial charge in [0.05, 0.1) is 0 Å². The van der Waals surface area contributed by atoms with E-state index in [1.165, 1.54) is 24.3 Å². The van der Waals surface area contributed by atoms with Gasteiger partial charge in [0.25, 0.3) is 5.91 Å². The van der Waals surface area contributed by atoms with E-state index in [-0.39, 0.29) is 5.82 Å². The molecule has 2 aromatic carbocycles. The minimum Gasteiger partial charge on any atom is -0.302 e. The molecular formula is C17H14FN3O2. The molecule has 3 aromatic rings. The lowest BCUT2D eigenvalue weighted by molar-refractivity contribution is 0.102. The van der Waals surface area contributed by atoms with Crippen LogP contribution < -0.4 is 5.32 Å². The van der Waals surface area contributed by atoms with E-state index in [0.717, 1.165) is 16.7 Å². The summed E-state index contributed by atoms with van der Waals surface area (Å²) >= 11 is 0. The lowest BCUT2D eigenvalue weighted by atomic mass is 10.0. The molecule has 1 N–H and O–H groups in total. The molecule has 0 aliphatic carbocycles. The van der Waals surface area contributed by atoms with Gasteiger partial charge < -0.3 is 5.32 Å². The first-order valence-corrected chi connectivity index (χ1v) is 7.01. The van der Waals surface area contributed by atoms with Crippen LogP contribution in [0.25, 0.3) is 11.3 Å². The molecule has 0 radical (unpaired) electrons. The fourth-order valence-corrected chi connectivity index (χ4v) is 2.22. The summed E-state index contributed by atoms with van der Waals surface area (Å²) in [4.78, 5) is 12.2. The molecule has 1 heterocycles. The van der Waals surface area contributed by atoms with E-state index in [1.807, 2.05) is 32.0 Å². The van der Waals surface area contributed by atoms with Crippen molar-refractivity contribution in [1.29, 1.82) is 0 Å². The highest BCUT2D eigenvalue weighted by atomic mass is 19.1. The molecule has 0 saturated heterocycles. The Morgan fingerprint density at radius 1 is 1.09 bits per heavy atom. The molecule has 0 aliphatic rings. The predicted molar refractivity (Wildman–Crippen MR) is 83.6 cm³/mol. The normalized spacial score (nSPS) is 10.6. The average molecular weight is 311 g/mol. The minimum absolute atomic E-state index is 0.230. The summed E-state index contributed by atoms with van der Waals surface area (Å²) < 4.78 is 17.7. The maximum atomic E-state index is 12.9. The van der Waals surface area contributed by atoms with Gasteiger partial charge in [0.2, 0.25) is 5.82 Å². The van der Waals surface area contributed by atoms with Crippen LogP contribution in [0.3, 0.4) is 0 Å². The van der Waals surface area contributed by atoms with Crippen LogP contribution in [0, 0.1) is 19.7 Å². The Labute approximate surface area is 132 Å². The van der Waals surface area contributed by atoms with E-state index < -0.39 is 11.7 Å². The summed E-state index contributed by atoms with van der Waals surface area (Å²) in [7, 11) is 0. The van der Waals surface area contributed by atoms with E-state index in [4.69, 9.17) is 4.63 Å². The van der Waals surface area contributed by atoms with Crippen molar-refractivity contribution in [3.8, 4) is 11.3 Å². The fourth-order valence-electron chi connectivity index (χ4n) is 2.22. The van der Waals surface area contributed by atoms with Gasteiger partial charge in [0.1, 0.15) is 5.82 Å². The molecule has 0 aliphatic heterocycles. The number of halogens is 1. The second-order valence-corrected chi connectivity index (χ2v) is 5.24. The number of amides is 1. The molecule has 0 bridgehead atoms. The molecule has 0 atom stereocenters. The van der Waals surface area contributed by atoms with Crippen LogP contribution >= 0.6 is 0 Å². The van der Waals surface area contributed by atoms with Crippen molar-refractivity contribution in [2.24, 2.45) is 0 Å². The molecule has 0 unspecified atom stereocenters. The topological polar surface area (TPSA) is 68.0 Å². The summed E-state index contributed by atoms with van der Waals surface area (Å²) in [6, 6.07) is 11.1. The number of hydrogen-bond donors (Lipinski definition) is 1. The van der Waals surface area contributed by atoms with Gasteiger partial charge in [-0.1, -0.05) is 17.7 Å². The van der Waals surface area contributed by atoms with Crippen molar-refractivity contribution in [3.05, 3.63) is 65.0 Å². The zero-order valence-electron chi connectivity index (χ0n) is 12.6. The molecule has 116 valence electrons. The molecule has 23 heavy (non-hydrogen) atoms. The first kappa shape index (κ1) is 14.9. The summed E-state index contributed by atoms with van der Waals surface area (Å²) in [5, 5.41) is 10.3. The molecule has 3 rings (SSSR count). The van der Waals surface area contributed by atoms with Gasteiger partial charge in [-0.15, -0.1) is 0 Å². The van der Waals surface area contributed by atoms with Gasteiger partial charge in [0, 0.05) is 11.1 Å². The quantitative estimate of drug-likeness (QED) is 0.800. The average Bonchev–Trinajstić information content (AvgIpc) is 2.98. The smallest absolute Gasteiger partial charge is 0.256 e. The minimum atomic E-state index is -0.410. The Balaban J connectivity index is 1.91. The number of carbonyl (C=O) groups excluding carboxylic acids is 1. The van der Waals surface area contributed by atoms with Crippen molar-refractivity contribution in [2.45, 2.75) is 13.8 Å². The molecule has 0 spiro atoms. The van der Waals surface area contributed by atoms with Crippen LogP contribution in [0.1, 0.15) is 21.5 Å². The number of nitrogens with one attached hydrogen (secondary N) is 1. The first-order chi connectivity index (χ1) is 11.0. The number of aryl methyl sites for hydroxylation is 2. The maximum absolute atomic E-state index is 12.9. The zero-order valence-corrected chi connectivity index (χ0v) is 12.6. The molecule has 1 aromatic heterocycles. The Morgan fingerprint density at radius 2 is 1.83 bits per heavy atom. The number of nitrogens with zero attached hydrogens (tertiary/aromatic N) is 2. The number of rotatable bonds is 3. The van der Waals surface area contributed by atoms with Crippen LogP contribution in [0.4, 0.5) is 10.2 Å². The van der Waals surface area contributed by atoms with Gasteiger partial charge in [-0.05, 0) is 60.1 Å². The number of carbonyl (C=O) groups is 1. The second kappa shape index (κ2) is 6.00. The first-order valence-electron chi connectivity index (χ1n) is 7.01. The van der Waals surface area contributed by atoms with Crippen LogP contribution in [-0.4, -0.2) is 16.2 Å². The maximum Gasteiger partial charge on any atom is 0.256 e. The summed E-state index contributed by atoms with van der Waals surface area (Å²) in [5.74, 6) is -0.582. The molecule has 0 fully saturated rings. The van der Waals surface area contributed by atoms with Crippen LogP contribution in [0.2, 0.25) is 0 Å². The zero-order chi connectivity index (χ0) is 16.4. The van der Waals surface area contributed by atoms with Crippen molar-refractivity contribution in [3.63, 3.8) is 0 Å². The second-order valence-electron chi connectivity index (χ2n) is 5.24. The highest BCUT2D eigenvalue weighted by molar-refractivity contribution is 6.05. The lowest BCUT2D eigenvalue weighted by Crippen LogP contribution is -2.13. The van der Waals surface area contributed by atoms with Crippen LogP contribution in [0.15, 0.2) is 47.1 Å². The van der Waals surface area contributed by atoms with Crippen molar-refractivity contribution in [2.75, 3.05) is 5.32 Å². The van der Waals surface area contributed by atoms with Gasteiger partial charge in [-0.3, -0.25) is 4.79 Å². The lowest BCUT2D eigenvalue weighted by Gasteiger charge is -2.06. The highest BCUT2D eigenvalue weighted by Gasteiger charge is 2.17. The molecule has 0 saturated carbocycles. The van der Waals surface area contributed by atoms with E-state index in [2.05, 4.69) is 15.6 Å². The molecule has 6 heteroatoms. The van der Waals surface area contributed by atoms with Crippen LogP contribution in [-0.2, 0) is 0 Å². The summed E-state index contributed by atoms with van der Waals surface area (Å²) in [5.41, 5.74) is 3.66. The van der Waals surface area contributed by atoms with Crippen molar-refractivity contribution < 1.29 is 13.8 Å². The standard InChI is InChI=1S/C17H14FN3O2/c1-10-3-4-11(2)14(9-10)15-16(21-23-20-15)19-17(22)12-5-7-13(18)8-6-12/h3-9H,1-2H3,(H,19,21,22). The Kier molecular flexibility index (Phi) is 3.89. The number of aromatic nitrogens is 2. The fraction of sp³-hybridized carbons (Fsp3) is 0.118. The summed E-state index contributed by atoms with van der Waals surface area (Å²) in [6.07, 6.45) is 0. The Morgan fingerprint density at radius 3 is 2.57 bits per heavy atom. The van der Waals surface area contributed by atoms with Gasteiger partial charge in [-0.2, -0.15) is 0 Å². The number of benzene rings is 2. The van der Waals surface area contributed by atoms with Gasteiger partial charge in [0.15, 0.2) is 5.69 Å². The molecule has 5 nitrogen and oxygen atoms in total. The van der Waals surface area contributed by atoms with E-state index in [9.17, 15) is 9.18 Å². The largest absolute Gasteiger partial charge is 0.302 e. The third kappa shape index (κ3) is 3.11. The Hall–Kier alpha value is -3.02. The number of hydrogen-bond acceptors (Lipinski definition) is 4. The SMILES string of the molecule is Cc1ccc(C)c(-c2nonc2NC(=O)c2ccc(F)cc2)c1. The number of anilines is 1.